The highest BCUT2D eigenvalue weighted by atomic mass is 16.3. The fourth-order valence-corrected chi connectivity index (χ4v) is 2.27. The van der Waals surface area contributed by atoms with Crippen LogP contribution in [0.15, 0.2) is 48.7 Å². The first-order chi connectivity index (χ1) is 10.6. The number of phenolic OH excluding ortho intramolecular Hbond substituents is 2. The first kappa shape index (κ1) is 14.1. The van der Waals surface area contributed by atoms with E-state index in [1.165, 1.54) is 23.3 Å². The fourth-order valence-electron chi connectivity index (χ4n) is 2.27. The summed E-state index contributed by atoms with van der Waals surface area (Å²) in [6.45, 7) is 2.73. The predicted octanol–water partition coefficient (Wildman–Crippen LogP) is 2.64. The molecule has 3 rings (SSSR count). The van der Waals surface area contributed by atoms with Gasteiger partial charge in [-0.1, -0.05) is 41.1 Å². The number of rotatable bonds is 4. The largest absolute Gasteiger partial charge is 0.504 e. The first-order valence-electron chi connectivity index (χ1n) is 7.05. The highest BCUT2D eigenvalue weighted by molar-refractivity contribution is 5.41. The SMILES string of the molecule is Cc1ccc(Cn2cc(Cc3ccc(O)c(O)c3)nn2)cc1. The average Bonchev–Trinajstić information content (AvgIpc) is 2.93. The van der Waals surface area contributed by atoms with Gasteiger partial charge in [-0.3, -0.25) is 0 Å². The molecule has 112 valence electrons. The topological polar surface area (TPSA) is 71.2 Å². The lowest BCUT2D eigenvalue weighted by atomic mass is 10.1. The van der Waals surface area contributed by atoms with E-state index in [1.54, 1.807) is 10.7 Å². The van der Waals surface area contributed by atoms with Crippen molar-refractivity contribution < 1.29 is 10.2 Å². The van der Waals surface area contributed by atoms with Crippen LogP contribution in [0.4, 0.5) is 0 Å². The molecule has 3 aromatic rings. The normalized spacial score (nSPS) is 10.8. The summed E-state index contributed by atoms with van der Waals surface area (Å²) in [4.78, 5) is 0. The maximum absolute atomic E-state index is 9.51. The van der Waals surface area contributed by atoms with Gasteiger partial charge in [0.2, 0.25) is 0 Å². The van der Waals surface area contributed by atoms with Crippen LogP contribution in [0.25, 0.3) is 0 Å². The third-order valence-corrected chi connectivity index (χ3v) is 3.48. The van der Waals surface area contributed by atoms with Crippen LogP contribution in [0.5, 0.6) is 11.5 Å². The van der Waals surface area contributed by atoms with Gasteiger partial charge in [0.25, 0.3) is 0 Å². The second-order valence-corrected chi connectivity index (χ2v) is 5.39. The third kappa shape index (κ3) is 3.25. The van der Waals surface area contributed by atoms with Gasteiger partial charge in [-0.15, -0.1) is 5.10 Å². The highest BCUT2D eigenvalue weighted by Gasteiger charge is 2.06. The Bertz CT molecular complexity index is 779. The molecule has 0 unspecified atom stereocenters. The van der Waals surface area contributed by atoms with E-state index in [9.17, 15) is 10.2 Å². The van der Waals surface area contributed by atoms with E-state index in [-0.39, 0.29) is 11.5 Å². The summed E-state index contributed by atoms with van der Waals surface area (Å²) >= 11 is 0. The minimum Gasteiger partial charge on any atom is -0.504 e. The molecular weight excluding hydrogens is 278 g/mol. The minimum atomic E-state index is -0.121. The third-order valence-electron chi connectivity index (χ3n) is 3.48. The lowest BCUT2D eigenvalue weighted by Gasteiger charge is -2.02. The molecule has 0 saturated heterocycles. The van der Waals surface area contributed by atoms with Crippen LogP contribution >= 0.6 is 0 Å². The summed E-state index contributed by atoms with van der Waals surface area (Å²) in [6, 6.07) is 13.1. The summed E-state index contributed by atoms with van der Waals surface area (Å²) in [5.41, 5.74) is 4.09. The van der Waals surface area contributed by atoms with Gasteiger partial charge < -0.3 is 10.2 Å². The molecule has 0 radical (unpaired) electrons. The Morgan fingerprint density at radius 1 is 0.955 bits per heavy atom. The number of aromatic nitrogens is 3. The first-order valence-corrected chi connectivity index (χ1v) is 7.05. The smallest absolute Gasteiger partial charge is 0.157 e. The molecule has 0 saturated carbocycles. The molecule has 2 aromatic carbocycles. The van der Waals surface area contributed by atoms with Gasteiger partial charge in [-0.2, -0.15) is 0 Å². The molecule has 2 N–H and O–H groups in total. The molecule has 0 bridgehead atoms. The summed E-state index contributed by atoms with van der Waals surface area (Å²) in [7, 11) is 0. The Morgan fingerprint density at radius 2 is 1.68 bits per heavy atom. The molecule has 0 atom stereocenters. The zero-order valence-corrected chi connectivity index (χ0v) is 12.3. The van der Waals surface area contributed by atoms with Crippen LogP contribution in [0.3, 0.4) is 0 Å². The van der Waals surface area contributed by atoms with E-state index in [0.717, 1.165) is 11.3 Å². The predicted molar refractivity (Wildman–Crippen MR) is 82.9 cm³/mol. The van der Waals surface area contributed by atoms with E-state index in [1.807, 2.05) is 6.20 Å². The highest BCUT2D eigenvalue weighted by Crippen LogP contribution is 2.25. The molecule has 5 nitrogen and oxygen atoms in total. The molecule has 0 aliphatic heterocycles. The van der Waals surface area contributed by atoms with Gasteiger partial charge in [0, 0.05) is 12.6 Å². The minimum absolute atomic E-state index is 0.119. The van der Waals surface area contributed by atoms with Crippen molar-refractivity contribution in [1.29, 1.82) is 0 Å². The summed E-state index contributed by atoms with van der Waals surface area (Å²) < 4.78 is 1.79. The summed E-state index contributed by atoms with van der Waals surface area (Å²) in [5.74, 6) is -0.240. The van der Waals surface area contributed by atoms with E-state index in [0.29, 0.717) is 13.0 Å². The van der Waals surface area contributed by atoms with Crippen LogP contribution in [0, 0.1) is 6.92 Å². The van der Waals surface area contributed by atoms with Crippen molar-refractivity contribution in [3.05, 3.63) is 71.0 Å². The maximum Gasteiger partial charge on any atom is 0.157 e. The average molecular weight is 295 g/mol. The van der Waals surface area contributed by atoms with Crippen LogP contribution in [-0.2, 0) is 13.0 Å². The second kappa shape index (κ2) is 5.89. The number of hydrogen-bond acceptors (Lipinski definition) is 4. The fraction of sp³-hybridized carbons (Fsp3) is 0.176. The Hall–Kier alpha value is -2.82. The number of nitrogens with zero attached hydrogens (tertiary/aromatic N) is 3. The van der Waals surface area contributed by atoms with Crippen LogP contribution in [0.2, 0.25) is 0 Å². The standard InChI is InChI=1S/C17H17N3O2/c1-12-2-4-13(5-3-12)10-20-11-15(18-19-20)8-14-6-7-16(21)17(22)9-14/h2-7,9,11,21-22H,8,10H2,1H3. The Morgan fingerprint density at radius 3 is 2.41 bits per heavy atom. The Labute approximate surface area is 128 Å². The van der Waals surface area contributed by atoms with Crippen molar-refractivity contribution in [2.45, 2.75) is 19.9 Å². The van der Waals surface area contributed by atoms with Gasteiger partial charge in [-0.05, 0) is 30.2 Å². The van der Waals surface area contributed by atoms with Gasteiger partial charge in [0.15, 0.2) is 11.5 Å². The molecule has 0 amide bonds. The molecule has 0 fully saturated rings. The molecule has 1 heterocycles. The molecule has 1 aromatic heterocycles. The van der Waals surface area contributed by atoms with Crippen molar-refractivity contribution >= 4 is 0 Å². The number of aryl methyl sites for hydroxylation is 1. The van der Waals surface area contributed by atoms with E-state index >= 15 is 0 Å². The van der Waals surface area contributed by atoms with Crippen molar-refractivity contribution in [1.82, 2.24) is 15.0 Å². The van der Waals surface area contributed by atoms with E-state index in [4.69, 9.17) is 0 Å². The number of phenols is 2. The molecule has 5 heteroatoms. The van der Waals surface area contributed by atoms with E-state index in [2.05, 4.69) is 41.5 Å². The summed E-state index contributed by atoms with van der Waals surface area (Å²) in [5, 5.41) is 27.1. The van der Waals surface area contributed by atoms with Crippen molar-refractivity contribution in [3.63, 3.8) is 0 Å². The maximum atomic E-state index is 9.51. The molecular formula is C17H17N3O2. The van der Waals surface area contributed by atoms with Gasteiger partial charge in [0.05, 0.1) is 12.2 Å². The van der Waals surface area contributed by atoms with Gasteiger partial charge >= 0.3 is 0 Å². The molecule has 0 aliphatic carbocycles. The quantitative estimate of drug-likeness (QED) is 0.726. The summed E-state index contributed by atoms with van der Waals surface area (Å²) in [6.07, 6.45) is 2.45. The van der Waals surface area contributed by atoms with E-state index < -0.39 is 0 Å². The number of hydrogen-bond donors (Lipinski definition) is 2. The number of benzene rings is 2. The zero-order valence-electron chi connectivity index (χ0n) is 12.3. The van der Waals surface area contributed by atoms with Crippen molar-refractivity contribution in [2.24, 2.45) is 0 Å². The molecule has 0 aliphatic rings. The van der Waals surface area contributed by atoms with Gasteiger partial charge in [-0.25, -0.2) is 4.68 Å². The molecule has 0 spiro atoms. The zero-order chi connectivity index (χ0) is 15.5. The van der Waals surface area contributed by atoms with Crippen LogP contribution in [0.1, 0.15) is 22.4 Å². The second-order valence-electron chi connectivity index (χ2n) is 5.39. The monoisotopic (exact) mass is 295 g/mol. The van der Waals surface area contributed by atoms with Gasteiger partial charge in [0.1, 0.15) is 0 Å². The lowest BCUT2D eigenvalue weighted by Crippen LogP contribution is -2.00. The van der Waals surface area contributed by atoms with Crippen molar-refractivity contribution in [2.75, 3.05) is 0 Å². The van der Waals surface area contributed by atoms with Crippen LogP contribution in [-0.4, -0.2) is 25.2 Å². The Kier molecular flexibility index (Phi) is 3.78. The number of aromatic hydroxyl groups is 2. The lowest BCUT2D eigenvalue weighted by molar-refractivity contribution is 0.403. The van der Waals surface area contributed by atoms with Crippen LogP contribution < -0.4 is 0 Å². The van der Waals surface area contributed by atoms with Crippen molar-refractivity contribution in [3.8, 4) is 11.5 Å². The Balaban J connectivity index is 1.70. The molecule has 22 heavy (non-hydrogen) atoms.